The molecule has 0 radical (unpaired) electrons. The average Bonchev–Trinajstić information content (AvgIpc) is 2.75. The first-order chi connectivity index (χ1) is 14.2. The fourth-order valence-corrected chi connectivity index (χ4v) is 3.60. The van der Waals surface area contributed by atoms with Crippen LogP contribution < -0.4 is 4.74 Å². The summed E-state index contributed by atoms with van der Waals surface area (Å²) in [5, 5.41) is 1.06. The van der Waals surface area contributed by atoms with Crippen molar-refractivity contribution < 1.29 is 14.3 Å². The van der Waals surface area contributed by atoms with Gasteiger partial charge in [-0.05, 0) is 29.7 Å². The molecule has 0 aliphatic carbocycles. The molecule has 0 amide bonds. The lowest BCUT2D eigenvalue weighted by Gasteiger charge is -2.21. The summed E-state index contributed by atoms with van der Waals surface area (Å²) in [6.45, 7) is 4.52. The number of carbonyl (C=O) groups is 1. The molecule has 2 aromatic carbocycles. The normalized spacial score (nSPS) is 11.9. The molecule has 3 rings (SSSR count). The summed E-state index contributed by atoms with van der Waals surface area (Å²) in [6.07, 6.45) is 6.24. The van der Waals surface area contributed by atoms with E-state index in [0.29, 0.717) is 13.2 Å². The standard InChI is InChI=1S/C25H29NO3/c1-3-4-5-10-21(17-28-19(2)27)23-14-7-6-11-22(23)18-29-24-15-8-12-20-13-9-16-26-25(20)24/h6-9,11-16,21H,3-5,10,17-18H2,1-2H3. The maximum absolute atomic E-state index is 11.4. The number of pyridine rings is 1. The van der Waals surface area contributed by atoms with Crippen LogP contribution in [0.2, 0.25) is 0 Å². The van der Waals surface area contributed by atoms with Crippen molar-refractivity contribution in [3.63, 3.8) is 0 Å². The van der Waals surface area contributed by atoms with Crippen LogP contribution in [0.4, 0.5) is 0 Å². The summed E-state index contributed by atoms with van der Waals surface area (Å²) in [4.78, 5) is 15.8. The SMILES string of the molecule is CCCCCC(COC(C)=O)c1ccccc1COc1cccc2cccnc12. The predicted octanol–water partition coefficient (Wildman–Crippen LogP) is 6.04. The molecule has 0 fully saturated rings. The Labute approximate surface area is 172 Å². The molecule has 1 heterocycles. The van der Waals surface area contributed by atoms with Crippen LogP contribution in [-0.4, -0.2) is 17.6 Å². The molecule has 4 nitrogen and oxygen atoms in total. The van der Waals surface area contributed by atoms with Crippen molar-refractivity contribution in [2.45, 2.75) is 52.1 Å². The number of esters is 1. The number of hydrogen-bond acceptors (Lipinski definition) is 4. The number of aromatic nitrogens is 1. The topological polar surface area (TPSA) is 48.4 Å². The van der Waals surface area contributed by atoms with Crippen molar-refractivity contribution in [3.05, 3.63) is 71.9 Å². The van der Waals surface area contributed by atoms with Gasteiger partial charge < -0.3 is 9.47 Å². The second kappa shape index (κ2) is 10.6. The van der Waals surface area contributed by atoms with Crippen LogP contribution in [0.15, 0.2) is 60.8 Å². The van der Waals surface area contributed by atoms with Gasteiger partial charge in [0.25, 0.3) is 0 Å². The van der Waals surface area contributed by atoms with Crippen LogP contribution in [0, 0.1) is 0 Å². The molecular formula is C25H29NO3. The minimum absolute atomic E-state index is 0.177. The Kier molecular flexibility index (Phi) is 7.62. The van der Waals surface area contributed by atoms with Gasteiger partial charge in [0.1, 0.15) is 17.9 Å². The Morgan fingerprint density at radius 3 is 2.69 bits per heavy atom. The average molecular weight is 392 g/mol. The zero-order valence-electron chi connectivity index (χ0n) is 17.3. The Bertz CT molecular complexity index is 933. The number of ether oxygens (including phenoxy) is 2. The van der Waals surface area contributed by atoms with Gasteiger partial charge in [-0.15, -0.1) is 0 Å². The fraction of sp³-hybridized carbons (Fsp3) is 0.360. The lowest BCUT2D eigenvalue weighted by Crippen LogP contribution is -2.14. The van der Waals surface area contributed by atoms with Gasteiger partial charge in [-0.2, -0.15) is 0 Å². The smallest absolute Gasteiger partial charge is 0.302 e. The Hall–Kier alpha value is -2.88. The van der Waals surface area contributed by atoms with E-state index in [1.165, 1.54) is 25.3 Å². The number of benzene rings is 2. The first-order valence-corrected chi connectivity index (χ1v) is 10.4. The maximum Gasteiger partial charge on any atom is 0.302 e. The molecule has 0 saturated heterocycles. The van der Waals surface area contributed by atoms with E-state index in [1.807, 2.05) is 42.5 Å². The van der Waals surface area contributed by atoms with Crippen molar-refractivity contribution in [2.75, 3.05) is 6.61 Å². The van der Waals surface area contributed by atoms with Crippen molar-refractivity contribution in [2.24, 2.45) is 0 Å². The number of para-hydroxylation sites is 1. The number of carbonyl (C=O) groups excluding carboxylic acids is 1. The molecule has 0 aliphatic rings. The Balaban J connectivity index is 1.79. The maximum atomic E-state index is 11.4. The molecule has 4 heteroatoms. The zero-order valence-corrected chi connectivity index (χ0v) is 17.3. The van der Waals surface area contributed by atoms with E-state index >= 15 is 0 Å². The monoisotopic (exact) mass is 391 g/mol. The third-order valence-corrected chi connectivity index (χ3v) is 5.12. The van der Waals surface area contributed by atoms with Crippen LogP contribution in [0.1, 0.15) is 56.6 Å². The summed E-state index contributed by atoms with van der Waals surface area (Å²) < 4.78 is 11.6. The lowest BCUT2D eigenvalue weighted by molar-refractivity contribution is -0.141. The van der Waals surface area contributed by atoms with E-state index in [1.54, 1.807) is 6.20 Å². The molecule has 152 valence electrons. The highest BCUT2D eigenvalue weighted by Crippen LogP contribution is 2.29. The third-order valence-electron chi connectivity index (χ3n) is 5.12. The molecule has 1 aromatic heterocycles. The van der Waals surface area contributed by atoms with E-state index in [0.717, 1.165) is 35.1 Å². The van der Waals surface area contributed by atoms with Crippen LogP contribution in [0.5, 0.6) is 5.75 Å². The highest BCUT2D eigenvalue weighted by Gasteiger charge is 2.17. The summed E-state index contributed by atoms with van der Waals surface area (Å²) in [7, 11) is 0. The van der Waals surface area contributed by atoms with Crippen LogP contribution in [0.3, 0.4) is 0 Å². The molecule has 0 bridgehead atoms. The minimum atomic E-state index is -0.235. The molecule has 3 aromatic rings. The van der Waals surface area contributed by atoms with Gasteiger partial charge in [0.05, 0.1) is 6.61 Å². The zero-order chi connectivity index (χ0) is 20.5. The van der Waals surface area contributed by atoms with Crippen LogP contribution in [-0.2, 0) is 16.1 Å². The number of unbranched alkanes of at least 4 members (excludes halogenated alkanes) is 2. The summed E-state index contributed by atoms with van der Waals surface area (Å²) in [6, 6.07) is 18.2. The fourth-order valence-electron chi connectivity index (χ4n) is 3.60. The summed E-state index contributed by atoms with van der Waals surface area (Å²) in [5.41, 5.74) is 3.18. The predicted molar refractivity (Wildman–Crippen MR) is 116 cm³/mol. The van der Waals surface area contributed by atoms with Crippen molar-refractivity contribution >= 4 is 16.9 Å². The highest BCUT2D eigenvalue weighted by molar-refractivity contribution is 5.84. The molecule has 0 N–H and O–H groups in total. The van der Waals surface area contributed by atoms with E-state index in [2.05, 4.69) is 24.0 Å². The van der Waals surface area contributed by atoms with Crippen molar-refractivity contribution in [1.82, 2.24) is 4.98 Å². The lowest BCUT2D eigenvalue weighted by atomic mass is 9.90. The second-order valence-corrected chi connectivity index (χ2v) is 7.31. The van der Waals surface area contributed by atoms with Gasteiger partial charge in [0, 0.05) is 24.4 Å². The van der Waals surface area contributed by atoms with E-state index in [9.17, 15) is 4.79 Å². The van der Waals surface area contributed by atoms with Crippen molar-refractivity contribution in [1.29, 1.82) is 0 Å². The number of rotatable bonds is 10. The van der Waals surface area contributed by atoms with Crippen LogP contribution >= 0.6 is 0 Å². The Morgan fingerprint density at radius 2 is 1.86 bits per heavy atom. The van der Waals surface area contributed by atoms with E-state index in [-0.39, 0.29) is 11.9 Å². The highest BCUT2D eigenvalue weighted by atomic mass is 16.5. The van der Waals surface area contributed by atoms with Gasteiger partial charge in [-0.1, -0.05) is 68.7 Å². The number of nitrogens with zero attached hydrogens (tertiary/aromatic N) is 1. The first kappa shape index (κ1) is 20.8. The number of hydrogen-bond donors (Lipinski definition) is 0. The van der Waals surface area contributed by atoms with Gasteiger partial charge >= 0.3 is 5.97 Å². The number of fused-ring (bicyclic) bond motifs is 1. The van der Waals surface area contributed by atoms with Gasteiger partial charge in [-0.3, -0.25) is 9.78 Å². The summed E-state index contributed by atoms with van der Waals surface area (Å²) in [5.74, 6) is 0.720. The van der Waals surface area contributed by atoms with E-state index in [4.69, 9.17) is 9.47 Å². The first-order valence-electron chi connectivity index (χ1n) is 10.4. The van der Waals surface area contributed by atoms with Gasteiger partial charge in [0.2, 0.25) is 0 Å². The van der Waals surface area contributed by atoms with Gasteiger partial charge in [-0.25, -0.2) is 0 Å². The third kappa shape index (κ3) is 5.80. The molecule has 1 atom stereocenters. The van der Waals surface area contributed by atoms with Gasteiger partial charge in [0.15, 0.2) is 0 Å². The Morgan fingerprint density at radius 1 is 1.03 bits per heavy atom. The van der Waals surface area contributed by atoms with Crippen LogP contribution in [0.25, 0.3) is 10.9 Å². The second-order valence-electron chi connectivity index (χ2n) is 7.31. The largest absolute Gasteiger partial charge is 0.487 e. The minimum Gasteiger partial charge on any atom is -0.487 e. The summed E-state index contributed by atoms with van der Waals surface area (Å²) >= 11 is 0. The quantitative estimate of drug-likeness (QED) is 0.312. The molecular weight excluding hydrogens is 362 g/mol. The van der Waals surface area contributed by atoms with Crippen molar-refractivity contribution in [3.8, 4) is 5.75 Å². The molecule has 1 unspecified atom stereocenters. The van der Waals surface area contributed by atoms with E-state index < -0.39 is 0 Å². The molecule has 0 spiro atoms. The molecule has 29 heavy (non-hydrogen) atoms. The molecule has 0 aliphatic heterocycles. The molecule has 0 saturated carbocycles.